The number of rotatable bonds is 1. The van der Waals surface area contributed by atoms with Gasteiger partial charge in [0.1, 0.15) is 24.4 Å². The summed E-state index contributed by atoms with van der Waals surface area (Å²) in [5.41, 5.74) is 0. The predicted octanol–water partition coefficient (Wildman–Crippen LogP) is -7.26. The number of carboxylic acid groups (broad SMARTS) is 1. The molecule has 9 nitrogen and oxygen atoms in total. The standard InChI is InChI=1S/C6H8N4O5.Na/c11-2-1(6(14)15)10-5(7-8-9-10)4(13)3(2)12;/h1-4,11-13H,(H,14,15);/q;+1/p-1/t1-,2+,3-,4+;/m0./s1. The SMILES string of the molecule is O=C([O-])[C@@H]1[C@@H](O)[C@H](O)[C@@H](O)c2nnnn21.[Na+]. The molecule has 0 unspecified atom stereocenters. The fourth-order valence-corrected chi connectivity index (χ4v) is 1.50. The molecule has 0 saturated heterocycles. The van der Waals surface area contributed by atoms with E-state index in [9.17, 15) is 25.2 Å². The van der Waals surface area contributed by atoms with Gasteiger partial charge in [0, 0.05) is 0 Å². The van der Waals surface area contributed by atoms with Gasteiger partial charge in [-0.05, 0) is 10.4 Å². The van der Waals surface area contributed by atoms with Crippen LogP contribution in [0.3, 0.4) is 0 Å². The van der Waals surface area contributed by atoms with E-state index in [2.05, 4.69) is 15.5 Å². The molecule has 0 amide bonds. The Labute approximate surface area is 111 Å². The molecule has 0 aromatic carbocycles. The summed E-state index contributed by atoms with van der Waals surface area (Å²) in [6.45, 7) is 0. The number of nitrogens with zero attached hydrogens (tertiary/aromatic N) is 4. The Morgan fingerprint density at radius 1 is 1.31 bits per heavy atom. The van der Waals surface area contributed by atoms with E-state index in [-0.39, 0.29) is 35.4 Å². The second-order valence-electron chi connectivity index (χ2n) is 3.17. The summed E-state index contributed by atoms with van der Waals surface area (Å²) in [5.74, 6) is -1.86. The van der Waals surface area contributed by atoms with Crippen molar-refractivity contribution in [3.8, 4) is 0 Å². The molecular weight excluding hydrogens is 231 g/mol. The van der Waals surface area contributed by atoms with Crippen LogP contribution in [-0.2, 0) is 4.79 Å². The zero-order chi connectivity index (χ0) is 11.2. The first kappa shape index (κ1) is 13.5. The normalized spacial score (nSPS) is 32.7. The van der Waals surface area contributed by atoms with Crippen LogP contribution in [0.2, 0.25) is 0 Å². The van der Waals surface area contributed by atoms with E-state index >= 15 is 0 Å². The monoisotopic (exact) mass is 238 g/mol. The summed E-state index contributed by atoms with van der Waals surface area (Å²) in [4.78, 5) is 10.7. The van der Waals surface area contributed by atoms with Crippen LogP contribution in [0, 0.1) is 0 Å². The molecule has 0 radical (unpaired) electrons. The van der Waals surface area contributed by atoms with Gasteiger partial charge in [-0.25, -0.2) is 4.68 Å². The summed E-state index contributed by atoms with van der Waals surface area (Å²) >= 11 is 0. The van der Waals surface area contributed by atoms with Crippen molar-refractivity contribution in [2.24, 2.45) is 0 Å². The largest absolute Gasteiger partial charge is 1.00 e. The first-order valence-electron chi connectivity index (χ1n) is 4.07. The Bertz CT molecular complexity index is 398. The maximum absolute atomic E-state index is 10.7. The number of hydrogen-bond acceptors (Lipinski definition) is 8. The second kappa shape index (κ2) is 4.73. The summed E-state index contributed by atoms with van der Waals surface area (Å²) in [6.07, 6.45) is -4.90. The molecule has 4 atom stereocenters. The Balaban J connectivity index is 0.00000128. The van der Waals surface area contributed by atoms with Crippen molar-refractivity contribution < 1.29 is 54.8 Å². The summed E-state index contributed by atoms with van der Waals surface area (Å²) in [7, 11) is 0. The number of carbonyl (C=O) groups excluding carboxylic acids is 1. The summed E-state index contributed by atoms with van der Waals surface area (Å²) in [5, 5.41) is 48.6. The molecule has 0 bridgehead atoms. The third-order valence-electron chi connectivity index (χ3n) is 2.28. The molecule has 10 heteroatoms. The van der Waals surface area contributed by atoms with E-state index < -0.39 is 30.3 Å². The van der Waals surface area contributed by atoms with Gasteiger partial charge in [0.2, 0.25) is 0 Å². The molecular formula is C6H7N4NaO5. The van der Waals surface area contributed by atoms with E-state index in [1.807, 2.05) is 0 Å². The molecule has 2 rings (SSSR count). The number of aliphatic hydroxyl groups excluding tert-OH is 3. The zero-order valence-corrected chi connectivity index (χ0v) is 10.3. The number of fused-ring (bicyclic) bond motifs is 1. The molecule has 82 valence electrons. The number of tetrazole rings is 1. The minimum Gasteiger partial charge on any atom is -0.548 e. The van der Waals surface area contributed by atoms with Gasteiger partial charge < -0.3 is 25.2 Å². The quantitative estimate of drug-likeness (QED) is 0.409. The molecule has 0 spiro atoms. The molecule has 1 aliphatic heterocycles. The van der Waals surface area contributed by atoms with Crippen LogP contribution in [0.1, 0.15) is 18.0 Å². The molecule has 0 saturated carbocycles. The average molecular weight is 238 g/mol. The van der Waals surface area contributed by atoms with Crippen molar-refractivity contribution in [3.05, 3.63) is 5.82 Å². The Hall–Kier alpha value is -0.580. The maximum Gasteiger partial charge on any atom is 1.00 e. The van der Waals surface area contributed by atoms with Crippen molar-refractivity contribution in [3.63, 3.8) is 0 Å². The van der Waals surface area contributed by atoms with Crippen LogP contribution in [0.15, 0.2) is 0 Å². The molecule has 2 heterocycles. The number of carboxylic acids is 1. The molecule has 0 fully saturated rings. The minimum absolute atomic E-state index is 0. The molecule has 16 heavy (non-hydrogen) atoms. The first-order chi connectivity index (χ1) is 7.04. The van der Waals surface area contributed by atoms with Crippen LogP contribution in [0.25, 0.3) is 0 Å². The van der Waals surface area contributed by atoms with Crippen LogP contribution in [0.4, 0.5) is 0 Å². The van der Waals surface area contributed by atoms with Crippen molar-refractivity contribution in [1.29, 1.82) is 0 Å². The Morgan fingerprint density at radius 3 is 2.50 bits per heavy atom. The topological polar surface area (TPSA) is 144 Å². The number of aromatic nitrogens is 4. The van der Waals surface area contributed by atoms with Crippen LogP contribution < -0.4 is 34.7 Å². The van der Waals surface area contributed by atoms with Gasteiger partial charge in [-0.1, -0.05) is 0 Å². The fourth-order valence-electron chi connectivity index (χ4n) is 1.50. The third kappa shape index (κ3) is 1.85. The third-order valence-corrected chi connectivity index (χ3v) is 2.28. The smallest absolute Gasteiger partial charge is 0.548 e. The van der Waals surface area contributed by atoms with Gasteiger partial charge in [0.25, 0.3) is 0 Å². The predicted molar refractivity (Wildman–Crippen MR) is 38.8 cm³/mol. The van der Waals surface area contributed by atoms with Crippen LogP contribution in [-0.4, -0.2) is 53.7 Å². The zero-order valence-electron chi connectivity index (χ0n) is 8.26. The van der Waals surface area contributed by atoms with Gasteiger partial charge >= 0.3 is 29.6 Å². The van der Waals surface area contributed by atoms with Crippen molar-refractivity contribution >= 4 is 5.97 Å². The van der Waals surface area contributed by atoms with Gasteiger partial charge in [0.05, 0.1) is 5.97 Å². The van der Waals surface area contributed by atoms with E-state index in [0.717, 1.165) is 4.68 Å². The number of carbonyl (C=O) groups is 1. The van der Waals surface area contributed by atoms with Gasteiger partial charge in [-0.15, -0.1) is 5.10 Å². The first-order valence-corrected chi connectivity index (χ1v) is 4.07. The summed E-state index contributed by atoms with van der Waals surface area (Å²) < 4.78 is 0.720. The molecule has 1 aromatic heterocycles. The van der Waals surface area contributed by atoms with Crippen molar-refractivity contribution in [2.45, 2.75) is 24.4 Å². The van der Waals surface area contributed by atoms with Gasteiger partial charge in [0.15, 0.2) is 5.82 Å². The molecule has 0 aliphatic carbocycles. The summed E-state index contributed by atoms with van der Waals surface area (Å²) in [6, 6.07) is -1.60. The van der Waals surface area contributed by atoms with Crippen molar-refractivity contribution in [1.82, 2.24) is 20.2 Å². The van der Waals surface area contributed by atoms with Crippen LogP contribution in [0.5, 0.6) is 0 Å². The number of aliphatic carboxylic acids is 1. The van der Waals surface area contributed by atoms with Crippen molar-refractivity contribution in [2.75, 3.05) is 0 Å². The van der Waals surface area contributed by atoms with E-state index in [1.165, 1.54) is 0 Å². The minimum atomic E-state index is -1.72. The second-order valence-corrected chi connectivity index (χ2v) is 3.17. The Morgan fingerprint density at radius 2 is 1.94 bits per heavy atom. The maximum atomic E-state index is 10.7. The molecule has 1 aliphatic rings. The van der Waals surface area contributed by atoms with Gasteiger partial charge in [-0.2, -0.15) is 0 Å². The van der Waals surface area contributed by atoms with E-state index in [4.69, 9.17) is 0 Å². The van der Waals surface area contributed by atoms with Crippen LogP contribution >= 0.6 is 0 Å². The molecule has 3 N–H and O–H groups in total. The molecule has 1 aromatic rings. The number of hydrogen-bond donors (Lipinski definition) is 3. The van der Waals surface area contributed by atoms with E-state index in [1.54, 1.807) is 0 Å². The fraction of sp³-hybridized carbons (Fsp3) is 0.667. The van der Waals surface area contributed by atoms with E-state index in [0.29, 0.717) is 0 Å². The number of aliphatic hydroxyl groups is 3. The van der Waals surface area contributed by atoms with Gasteiger partial charge in [-0.3, -0.25) is 0 Å². The average Bonchev–Trinajstić information content (AvgIpc) is 2.62. The Kier molecular flexibility index (Phi) is 3.99.